The number of azide groups is 1. The molecule has 1 N–H and O–H groups in total. The molecule has 0 bridgehead atoms. The molecule has 144 valence electrons. The number of hydrogen-bond acceptors (Lipinski definition) is 6. The predicted molar refractivity (Wildman–Crippen MR) is 99.3 cm³/mol. The average molecular weight is 382 g/mol. The number of carbonyl (C=O) groups is 2. The van der Waals surface area contributed by atoms with Gasteiger partial charge in [-0.2, -0.15) is 0 Å². The van der Waals surface area contributed by atoms with Crippen LogP contribution in [0.3, 0.4) is 0 Å². The Morgan fingerprint density at radius 1 is 1.00 bits per heavy atom. The van der Waals surface area contributed by atoms with Crippen LogP contribution < -0.4 is 9.47 Å². The highest BCUT2D eigenvalue weighted by molar-refractivity contribution is 6.21. The molecule has 2 amide bonds. The maximum absolute atomic E-state index is 12.5. The Morgan fingerprint density at radius 3 is 2.11 bits per heavy atom. The molecule has 1 aliphatic heterocycles. The molecule has 28 heavy (non-hydrogen) atoms. The van der Waals surface area contributed by atoms with Gasteiger partial charge in [-0.1, -0.05) is 17.2 Å². The number of hydrogen-bond donors (Lipinski definition) is 1. The maximum atomic E-state index is 12.5. The number of nitrogens with zero attached hydrogens (tertiary/aromatic N) is 4. The van der Waals surface area contributed by atoms with Crippen LogP contribution >= 0.6 is 0 Å². The summed E-state index contributed by atoms with van der Waals surface area (Å²) in [5, 5.41) is 13.1. The number of rotatable bonds is 9. The number of benzene rings is 2. The first kappa shape index (κ1) is 19.2. The zero-order chi connectivity index (χ0) is 19.9. The predicted octanol–water partition coefficient (Wildman–Crippen LogP) is 2.41. The highest BCUT2D eigenvalue weighted by Gasteiger charge is 2.39. The van der Waals surface area contributed by atoms with Gasteiger partial charge in [0, 0.05) is 4.91 Å². The van der Waals surface area contributed by atoms with Crippen molar-refractivity contribution in [3.63, 3.8) is 0 Å². The molecule has 9 nitrogen and oxygen atoms in total. The van der Waals surface area contributed by atoms with E-state index in [1.807, 2.05) is 0 Å². The molecule has 1 aliphatic rings. The molecular formula is C19H18N4O5. The zero-order valence-corrected chi connectivity index (χ0v) is 14.9. The third-order valence-electron chi connectivity index (χ3n) is 4.19. The summed E-state index contributed by atoms with van der Waals surface area (Å²) in [6.45, 7) is 0.0366. The monoisotopic (exact) mass is 382 g/mol. The lowest BCUT2D eigenvalue weighted by atomic mass is 10.1. The van der Waals surface area contributed by atoms with Crippen LogP contribution in [0.1, 0.15) is 20.7 Å². The van der Waals surface area contributed by atoms with Crippen LogP contribution in [0.15, 0.2) is 53.6 Å². The van der Waals surface area contributed by atoms with E-state index < -0.39 is 24.5 Å². The SMILES string of the molecule is [N-]=[N+]=NCCOc1ccc(OCC(CO)N2C(=O)c3ccccc3C2=O)cc1. The average Bonchev–Trinajstić information content (AvgIpc) is 2.98. The summed E-state index contributed by atoms with van der Waals surface area (Å²) in [6.07, 6.45) is 0. The first-order chi connectivity index (χ1) is 13.7. The maximum Gasteiger partial charge on any atom is 0.262 e. The number of imide groups is 1. The second-order valence-corrected chi connectivity index (χ2v) is 5.95. The fraction of sp³-hybridized carbons (Fsp3) is 0.263. The molecular weight excluding hydrogens is 364 g/mol. The summed E-state index contributed by atoms with van der Waals surface area (Å²) in [7, 11) is 0. The molecule has 0 saturated carbocycles. The molecule has 0 radical (unpaired) electrons. The van der Waals surface area contributed by atoms with Crippen molar-refractivity contribution < 1.29 is 24.2 Å². The van der Waals surface area contributed by atoms with Gasteiger partial charge >= 0.3 is 0 Å². The van der Waals surface area contributed by atoms with Crippen LogP contribution in [0.4, 0.5) is 0 Å². The quantitative estimate of drug-likeness (QED) is 0.234. The second kappa shape index (κ2) is 8.90. The van der Waals surface area contributed by atoms with Crippen LogP contribution in [-0.2, 0) is 0 Å². The minimum Gasteiger partial charge on any atom is -0.493 e. The van der Waals surface area contributed by atoms with E-state index in [1.54, 1.807) is 48.5 Å². The molecule has 2 aromatic carbocycles. The van der Waals surface area contributed by atoms with Crippen molar-refractivity contribution in [2.24, 2.45) is 5.11 Å². The van der Waals surface area contributed by atoms with Crippen molar-refractivity contribution in [3.05, 3.63) is 70.1 Å². The zero-order valence-electron chi connectivity index (χ0n) is 14.9. The van der Waals surface area contributed by atoms with Crippen LogP contribution in [0.5, 0.6) is 11.5 Å². The van der Waals surface area contributed by atoms with Crippen LogP contribution in [-0.4, -0.2) is 54.2 Å². The topological polar surface area (TPSA) is 125 Å². The van der Waals surface area contributed by atoms with E-state index in [0.29, 0.717) is 22.6 Å². The lowest BCUT2D eigenvalue weighted by Gasteiger charge is -2.24. The largest absolute Gasteiger partial charge is 0.493 e. The smallest absolute Gasteiger partial charge is 0.262 e. The van der Waals surface area contributed by atoms with E-state index in [9.17, 15) is 14.7 Å². The van der Waals surface area contributed by atoms with E-state index in [1.165, 1.54) is 0 Å². The standard InChI is InChI=1S/C19H18N4O5/c20-22-21-9-10-27-14-5-7-15(8-6-14)28-12-13(11-24)23-18(25)16-3-1-2-4-17(16)19(23)26/h1-8,13,24H,9-12H2. The highest BCUT2D eigenvalue weighted by atomic mass is 16.5. The number of fused-ring (bicyclic) bond motifs is 1. The van der Waals surface area contributed by atoms with Gasteiger partial charge < -0.3 is 14.6 Å². The van der Waals surface area contributed by atoms with Gasteiger partial charge in [0.05, 0.1) is 36.9 Å². The Labute approximate surface area is 160 Å². The van der Waals surface area contributed by atoms with Gasteiger partial charge in [-0.3, -0.25) is 14.5 Å². The molecule has 3 rings (SSSR count). The number of aliphatic hydroxyl groups is 1. The Hall–Kier alpha value is -3.55. The summed E-state index contributed by atoms with van der Waals surface area (Å²) < 4.78 is 11.0. The first-order valence-corrected chi connectivity index (χ1v) is 8.60. The molecule has 1 unspecified atom stereocenters. The summed E-state index contributed by atoms with van der Waals surface area (Å²) in [6, 6.07) is 12.5. The number of amides is 2. The summed E-state index contributed by atoms with van der Waals surface area (Å²) in [4.78, 5) is 28.7. The van der Waals surface area contributed by atoms with Crippen LogP contribution in [0.2, 0.25) is 0 Å². The van der Waals surface area contributed by atoms with Crippen molar-refractivity contribution in [3.8, 4) is 11.5 Å². The van der Waals surface area contributed by atoms with Gasteiger partial charge in [-0.05, 0) is 41.9 Å². The molecule has 1 heterocycles. The van der Waals surface area contributed by atoms with E-state index in [2.05, 4.69) is 10.0 Å². The van der Waals surface area contributed by atoms with Crippen molar-refractivity contribution in [2.45, 2.75) is 6.04 Å². The van der Waals surface area contributed by atoms with Crippen molar-refractivity contribution in [2.75, 3.05) is 26.4 Å². The van der Waals surface area contributed by atoms with Gasteiger partial charge in [0.15, 0.2) is 0 Å². The minimum atomic E-state index is -0.799. The van der Waals surface area contributed by atoms with Gasteiger partial charge in [0.1, 0.15) is 18.1 Å². The number of ether oxygens (including phenoxy) is 2. The van der Waals surface area contributed by atoms with E-state index >= 15 is 0 Å². The molecule has 0 fully saturated rings. The van der Waals surface area contributed by atoms with Gasteiger partial charge in [0.25, 0.3) is 11.8 Å². The fourth-order valence-corrected chi connectivity index (χ4v) is 2.82. The number of aliphatic hydroxyl groups excluding tert-OH is 1. The molecule has 1 atom stereocenters. The van der Waals surface area contributed by atoms with E-state index in [0.717, 1.165) is 4.90 Å². The third-order valence-corrected chi connectivity index (χ3v) is 4.19. The van der Waals surface area contributed by atoms with Gasteiger partial charge in [-0.15, -0.1) is 0 Å². The molecule has 0 aliphatic carbocycles. The second-order valence-electron chi connectivity index (χ2n) is 5.95. The normalized spacial score (nSPS) is 13.7. The van der Waals surface area contributed by atoms with Crippen molar-refractivity contribution >= 4 is 11.8 Å². The lowest BCUT2D eigenvalue weighted by Crippen LogP contribution is -2.45. The summed E-state index contributed by atoms with van der Waals surface area (Å²) in [5.41, 5.74) is 8.86. The van der Waals surface area contributed by atoms with Crippen molar-refractivity contribution in [1.82, 2.24) is 4.90 Å². The van der Waals surface area contributed by atoms with Crippen LogP contribution in [0.25, 0.3) is 10.4 Å². The van der Waals surface area contributed by atoms with E-state index in [4.69, 9.17) is 15.0 Å². The van der Waals surface area contributed by atoms with Gasteiger partial charge in [0.2, 0.25) is 0 Å². The molecule has 0 spiro atoms. The minimum absolute atomic E-state index is 0.0426. The fourth-order valence-electron chi connectivity index (χ4n) is 2.82. The Bertz CT molecular complexity index is 874. The Morgan fingerprint density at radius 2 is 1.57 bits per heavy atom. The van der Waals surface area contributed by atoms with E-state index in [-0.39, 0.29) is 19.8 Å². The first-order valence-electron chi connectivity index (χ1n) is 8.60. The van der Waals surface area contributed by atoms with Gasteiger partial charge in [-0.25, -0.2) is 0 Å². The summed E-state index contributed by atoms with van der Waals surface area (Å²) in [5.74, 6) is 0.205. The summed E-state index contributed by atoms with van der Waals surface area (Å²) >= 11 is 0. The number of carbonyl (C=O) groups excluding carboxylic acids is 2. The Balaban J connectivity index is 1.59. The molecule has 0 saturated heterocycles. The molecule has 0 aromatic heterocycles. The molecule has 9 heteroatoms. The van der Waals surface area contributed by atoms with Crippen molar-refractivity contribution in [1.29, 1.82) is 0 Å². The Kier molecular flexibility index (Phi) is 6.11. The third kappa shape index (κ3) is 4.06. The van der Waals surface area contributed by atoms with Crippen LogP contribution in [0, 0.1) is 0 Å². The molecule has 2 aromatic rings. The highest BCUT2D eigenvalue weighted by Crippen LogP contribution is 2.25. The lowest BCUT2D eigenvalue weighted by molar-refractivity contribution is 0.0441.